The van der Waals surface area contributed by atoms with Gasteiger partial charge in [-0.1, -0.05) is 44.2 Å². The van der Waals surface area contributed by atoms with Crippen LogP contribution in [-0.4, -0.2) is 31.1 Å². The number of ether oxygens (including phenoxy) is 1. The molecule has 2 aromatic carbocycles. The molecule has 6 heteroatoms. The lowest BCUT2D eigenvalue weighted by Crippen LogP contribution is -2.31. The quantitative estimate of drug-likeness (QED) is 0.583. The van der Waals surface area contributed by atoms with Crippen LogP contribution in [0.5, 0.6) is 5.75 Å². The summed E-state index contributed by atoms with van der Waals surface area (Å²) in [6.45, 7) is 9.58. The van der Waals surface area contributed by atoms with Crippen molar-refractivity contribution < 1.29 is 9.13 Å². The van der Waals surface area contributed by atoms with Crippen LogP contribution < -0.4 is 10.1 Å². The van der Waals surface area contributed by atoms with Gasteiger partial charge in [-0.2, -0.15) is 0 Å². The van der Waals surface area contributed by atoms with Gasteiger partial charge in [0.1, 0.15) is 18.2 Å². The van der Waals surface area contributed by atoms with Gasteiger partial charge in [0, 0.05) is 25.2 Å². The highest BCUT2D eigenvalue weighted by Gasteiger charge is 2.03. The topological polar surface area (TPSA) is 24.5 Å². The third kappa shape index (κ3) is 8.37. The van der Waals surface area contributed by atoms with Gasteiger partial charge in [0.15, 0.2) is 0 Å². The Hall–Kier alpha value is -1.33. The Labute approximate surface area is 168 Å². The Bertz CT molecular complexity index is 624. The van der Waals surface area contributed by atoms with Crippen LogP contribution in [0.4, 0.5) is 4.39 Å². The Morgan fingerprint density at radius 2 is 1.73 bits per heavy atom. The predicted octanol–water partition coefficient (Wildman–Crippen LogP) is 4.68. The van der Waals surface area contributed by atoms with E-state index in [9.17, 15) is 4.39 Å². The van der Waals surface area contributed by atoms with Gasteiger partial charge in [-0.15, -0.1) is 24.8 Å². The van der Waals surface area contributed by atoms with Crippen molar-refractivity contribution in [3.05, 3.63) is 65.5 Å². The van der Waals surface area contributed by atoms with E-state index >= 15 is 0 Å². The van der Waals surface area contributed by atoms with Gasteiger partial charge < -0.3 is 15.0 Å². The molecule has 0 unspecified atom stereocenters. The second kappa shape index (κ2) is 13.8. The molecule has 0 aliphatic carbocycles. The molecule has 146 valence electrons. The lowest BCUT2D eigenvalue weighted by Gasteiger charge is -2.18. The van der Waals surface area contributed by atoms with Gasteiger partial charge in [0.25, 0.3) is 0 Å². The molecule has 0 aromatic heterocycles. The minimum atomic E-state index is -0.230. The standard InChI is InChI=1S/C20H27FN2O.2ClH/c1-3-23(4-2)13-12-22-15-17-8-7-10-19(14-17)24-16-18-9-5-6-11-20(18)21;;/h5-11,14,22H,3-4,12-13,15-16H2,1-2H3;2*1H. The molecule has 0 saturated carbocycles. The maximum atomic E-state index is 13.6. The van der Waals surface area contributed by atoms with Crippen molar-refractivity contribution in [2.45, 2.75) is 27.0 Å². The monoisotopic (exact) mass is 402 g/mol. The Morgan fingerprint density at radius 1 is 1.00 bits per heavy atom. The van der Waals surface area contributed by atoms with Crippen LogP contribution in [-0.2, 0) is 13.2 Å². The summed E-state index contributed by atoms with van der Waals surface area (Å²) in [4.78, 5) is 2.39. The SMILES string of the molecule is CCN(CC)CCNCc1cccc(OCc2ccccc2F)c1.Cl.Cl. The van der Waals surface area contributed by atoms with Crippen molar-refractivity contribution in [2.75, 3.05) is 26.2 Å². The molecule has 0 aliphatic rings. The number of rotatable bonds is 10. The smallest absolute Gasteiger partial charge is 0.129 e. The first-order valence-corrected chi connectivity index (χ1v) is 8.61. The number of benzene rings is 2. The average Bonchev–Trinajstić information content (AvgIpc) is 2.61. The van der Waals surface area contributed by atoms with Crippen LogP contribution in [0.2, 0.25) is 0 Å². The van der Waals surface area contributed by atoms with Gasteiger partial charge in [-0.3, -0.25) is 0 Å². The average molecular weight is 403 g/mol. The fourth-order valence-electron chi connectivity index (χ4n) is 2.53. The summed E-state index contributed by atoms with van der Waals surface area (Å²) >= 11 is 0. The fourth-order valence-corrected chi connectivity index (χ4v) is 2.53. The lowest BCUT2D eigenvalue weighted by atomic mass is 10.2. The van der Waals surface area contributed by atoms with Crippen molar-refractivity contribution in [3.8, 4) is 5.75 Å². The van der Waals surface area contributed by atoms with Crippen LogP contribution in [0.3, 0.4) is 0 Å². The van der Waals surface area contributed by atoms with E-state index in [1.807, 2.05) is 24.3 Å². The van der Waals surface area contributed by atoms with Gasteiger partial charge in [0.2, 0.25) is 0 Å². The summed E-state index contributed by atoms with van der Waals surface area (Å²) in [5, 5.41) is 3.45. The molecule has 3 nitrogen and oxygen atoms in total. The van der Waals surface area contributed by atoms with Crippen LogP contribution in [0, 0.1) is 5.82 Å². The molecular formula is C20H29Cl2FN2O. The number of hydrogen-bond acceptors (Lipinski definition) is 3. The lowest BCUT2D eigenvalue weighted by molar-refractivity contribution is 0.298. The van der Waals surface area contributed by atoms with Crippen LogP contribution in [0.15, 0.2) is 48.5 Å². The fraction of sp³-hybridized carbons (Fsp3) is 0.400. The summed E-state index contributed by atoms with van der Waals surface area (Å²) in [6, 6.07) is 14.6. The van der Waals surface area contributed by atoms with Crippen LogP contribution >= 0.6 is 24.8 Å². The number of hydrogen-bond donors (Lipinski definition) is 1. The van der Waals surface area contributed by atoms with E-state index in [0.717, 1.165) is 38.5 Å². The zero-order valence-electron chi connectivity index (χ0n) is 15.4. The molecule has 0 amide bonds. The Balaban J connectivity index is 0.00000312. The molecule has 0 fully saturated rings. The van der Waals surface area contributed by atoms with Gasteiger partial charge in [0.05, 0.1) is 0 Å². The zero-order valence-corrected chi connectivity index (χ0v) is 17.0. The van der Waals surface area contributed by atoms with Crippen molar-refractivity contribution in [1.82, 2.24) is 10.2 Å². The second-order valence-electron chi connectivity index (χ2n) is 5.73. The van der Waals surface area contributed by atoms with E-state index in [2.05, 4.69) is 30.1 Å². The first-order valence-electron chi connectivity index (χ1n) is 8.61. The van der Waals surface area contributed by atoms with E-state index in [4.69, 9.17) is 4.74 Å². The number of nitrogens with one attached hydrogen (secondary N) is 1. The molecular weight excluding hydrogens is 374 g/mol. The minimum absolute atomic E-state index is 0. The van der Waals surface area contributed by atoms with Gasteiger partial charge >= 0.3 is 0 Å². The Morgan fingerprint density at radius 3 is 2.42 bits per heavy atom. The highest BCUT2D eigenvalue weighted by molar-refractivity contribution is 5.85. The highest BCUT2D eigenvalue weighted by Crippen LogP contribution is 2.16. The van der Waals surface area contributed by atoms with E-state index < -0.39 is 0 Å². The van der Waals surface area contributed by atoms with Crippen molar-refractivity contribution >= 4 is 24.8 Å². The van der Waals surface area contributed by atoms with E-state index in [0.29, 0.717) is 5.56 Å². The van der Waals surface area contributed by atoms with Crippen molar-refractivity contribution in [3.63, 3.8) is 0 Å². The molecule has 2 aromatic rings. The van der Waals surface area contributed by atoms with E-state index in [1.165, 1.54) is 11.6 Å². The number of likely N-dealkylation sites (N-methyl/N-ethyl adjacent to an activating group) is 1. The summed E-state index contributed by atoms with van der Waals surface area (Å²) in [5.41, 5.74) is 1.74. The minimum Gasteiger partial charge on any atom is -0.489 e. The molecule has 0 spiro atoms. The van der Waals surface area contributed by atoms with Crippen molar-refractivity contribution in [2.24, 2.45) is 0 Å². The maximum Gasteiger partial charge on any atom is 0.129 e. The molecule has 1 N–H and O–H groups in total. The van der Waals surface area contributed by atoms with Gasteiger partial charge in [-0.05, 0) is 36.9 Å². The molecule has 0 atom stereocenters. The summed E-state index contributed by atoms with van der Waals surface area (Å²) in [5.74, 6) is 0.535. The molecule has 26 heavy (non-hydrogen) atoms. The predicted molar refractivity (Wildman–Crippen MR) is 111 cm³/mol. The number of nitrogens with zero attached hydrogens (tertiary/aromatic N) is 1. The van der Waals surface area contributed by atoms with Crippen molar-refractivity contribution in [1.29, 1.82) is 0 Å². The molecule has 0 heterocycles. The molecule has 0 bridgehead atoms. The largest absolute Gasteiger partial charge is 0.489 e. The first-order chi connectivity index (χ1) is 11.7. The normalized spacial score (nSPS) is 10.2. The number of halogens is 3. The molecule has 0 aliphatic heterocycles. The van der Waals surface area contributed by atoms with Crippen LogP contribution in [0.1, 0.15) is 25.0 Å². The first kappa shape index (κ1) is 24.7. The Kier molecular flexibility index (Phi) is 13.1. The highest BCUT2D eigenvalue weighted by atomic mass is 35.5. The van der Waals surface area contributed by atoms with Crippen LogP contribution in [0.25, 0.3) is 0 Å². The summed E-state index contributed by atoms with van der Waals surface area (Å²) < 4.78 is 19.3. The third-order valence-electron chi connectivity index (χ3n) is 4.08. The van der Waals surface area contributed by atoms with Gasteiger partial charge in [-0.25, -0.2) is 4.39 Å². The summed E-state index contributed by atoms with van der Waals surface area (Å²) in [6.07, 6.45) is 0. The molecule has 2 rings (SSSR count). The maximum absolute atomic E-state index is 13.6. The summed E-state index contributed by atoms with van der Waals surface area (Å²) in [7, 11) is 0. The second-order valence-corrected chi connectivity index (χ2v) is 5.73. The molecule has 0 radical (unpaired) electrons. The van der Waals surface area contributed by atoms with E-state index in [-0.39, 0.29) is 37.2 Å². The van der Waals surface area contributed by atoms with E-state index in [1.54, 1.807) is 12.1 Å². The zero-order chi connectivity index (χ0) is 17.2. The third-order valence-corrected chi connectivity index (χ3v) is 4.08. The molecule has 0 saturated heterocycles.